The summed E-state index contributed by atoms with van der Waals surface area (Å²) in [4.78, 5) is 12.7. The molecule has 18 fully saturated rings. The highest BCUT2D eigenvalue weighted by Gasteiger charge is 2.61. The minimum Gasteiger partial charge on any atom is -0.508 e. The Kier molecular flexibility index (Phi) is 22.5. The Labute approximate surface area is 642 Å². The van der Waals surface area contributed by atoms with Gasteiger partial charge in [-0.3, -0.25) is 4.79 Å². The minimum absolute atomic E-state index is 0.0634. The third kappa shape index (κ3) is 14.0. The monoisotopic (exact) mass is 1420 g/mol. The van der Waals surface area contributed by atoms with E-state index in [0.29, 0.717) is 45.5 Å². The van der Waals surface area contributed by atoms with Crippen LogP contribution in [0.25, 0.3) is 0 Å². The Morgan fingerprint density at radius 2 is 0.942 bits per heavy atom. The van der Waals surface area contributed by atoms with Crippen LogP contribution < -0.4 is 0 Å². The number of benzene rings is 1. The lowest BCUT2D eigenvalue weighted by molar-refractivity contribution is -0.135. The van der Waals surface area contributed by atoms with E-state index in [4.69, 9.17) is 0 Å². The summed E-state index contributed by atoms with van der Waals surface area (Å²) in [6, 6.07) is 5.94. The fraction of sp³-hybridized carbons (Fsp3) is 0.931. The zero-order chi connectivity index (χ0) is 72.1. The van der Waals surface area contributed by atoms with Crippen LogP contribution in [0.15, 0.2) is 18.2 Å². The molecule has 0 heterocycles. The van der Waals surface area contributed by atoms with Crippen molar-refractivity contribution in [2.75, 3.05) is 0 Å². The maximum atomic E-state index is 12.7. The fourth-order valence-electron chi connectivity index (χ4n) is 35.9. The van der Waals surface area contributed by atoms with Crippen LogP contribution in [-0.4, -0.2) is 10.9 Å². The van der Waals surface area contributed by atoms with Gasteiger partial charge in [-0.1, -0.05) is 178 Å². The lowest BCUT2D eigenvalue weighted by Gasteiger charge is -2.58. The molecule has 104 heavy (non-hydrogen) atoms. The number of phenols is 1. The Hall–Kier alpha value is -1.31. The van der Waals surface area contributed by atoms with Gasteiger partial charge in [0.05, 0.1) is 0 Å². The van der Waals surface area contributed by atoms with Gasteiger partial charge in [0.25, 0.3) is 0 Å². The van der Waals surface area contributed by atoms with E-state index in [1.165, 1.54) is 127 Å². The number of hydrogen-bond acceptors (Lipinski definition) is 2. The highest BCUT2D eigenvalue weighted by atomic mass is 16.3. The maximum Gasteiger partial charge on any atom is 0.139 e. The van der Waals surface area contributed by atoms with Crippen molar-refractivity contribution in [1.82, 2.24) is 0 Å². The van der Waals surface area contributed by atoms with Gasteiger partial charge in [-0.05, 0) is 435 Å². The fourth-order valence-corrected chi connectivity index (χ4v) is 35.9. The summed E-state index contributed by atoms with van der Waals surface area (Å²) in [7, 11) is 0. The summed E-state index contributed by atoms with van der Waals surface area (Å²) in [5.74, 6) is 21.3. The summed E-state index contributed by atoms with van der Waals surface area (Å²) >= 11 is 0. The molecule has 0 amide bonds. The van der Waals surface area contributed by atoms with Crippen molar-refractivity contribution in [2.24, 2.45) is 161 Å². The highest BCUT2D eigenvalue weighted by molar-refractivity contribution is 5.85. The second-order valence-electron chi connectivity index (χ2n) is 46.2. The minimum atomic E-state index is -0.0634. The predicted molar refractivity (Wildman–Crippen MR) is 438 cm³/mol. The topological polar surface area (TPSA) is 37.3 Å². The number of aromatic hydroxyl groups is 1. The first kappa shape index (κ1) is 76.7. The molecule has 1 aromatic rings. The van der Waals surface area contributed by atoms with Gasteiger partial charge in [0.1, 0.15) is 11.5 Å². The van der Waals surface area contributed by atoms with E-state index >= 15 is 0 Å². The molecule has 19 aliphatic carbocycles. The Morgan fingerprint density at radius 3 is 1.75 bits per heavy atom. The maximum absolute atomic E-state index is 12.7. The van der Waals surface area contributed by atoms with Gasteiger partial charge in [-0.25, -0.2) is 0 Å². The van der Waals surface area contributed by atoms with Gasteiger partial charge in [-0.15, -0.1) is 0 Å². The summed E-state index contributed by atoms with van der Waals surface area (Å²) in [5.41, 5.74) is 8.46. The zero-order valence-corrected chi connectivity index (χ0v) is 70.2. The summed E-state index contributed by atoms with van der Waals surface area (Å²) in [6.07, 6.45) is 83.3. The molecule has 1 aromatic carbocycles. The molecule has 2 nitrogen and oxygen atoms in total. The van der Waals surface area contributed by atoms with Crippen molar-refractivity contribution >= 4 is 5.78 Å². The van der Waals surface area contributed by atoms with Crippen LogP contribution in [0.3, 0.4) is 0 Å². The summed E-state index contributed by atoms with van der Waals surface area (Å²) < 4.78 is 0. The second kappa shape index (κ2) is 30.6. The van der Waals surface area contributed by atoms with Gasteiger partial charge in [0.15, 0.2) is 0 Å². The van der Waals surface area contributed by atoms with E-state index in [-0.39, 0.29) is 5.41 Å². The van der Waals surface area contributed by atoms with Gasteiger partial charge in [0, 0.05) is 11.8 Å². The molecule has 19 aliphatic rings. The van der Waals surface area contributed by atoms with Gasteiger partial charge < -0.3 is 5.11 Å². The molecule has 6 unspecified atom stereocenters. The van der Waals surface area contributed by atoms with Crippen molar-refractivity contribution in [3.63, 3.8) is 0 Å². The standard InChI is InChI=1S/2C21H36.C20H26O2.2C20H34/c1-19-11-6-8-18(19)20(2)14-9-16-7-4-5-12-21(16,3)17(15-20)10-13-19;1-3-18-9-11-20-19-10-8-15-6-4-5-7-16(15)14-17(19)12-13-21(18,20)2;1-20-11-10-16-15-9-7-14(21)12-13(15)6-8-17(16)18(20)4-2-3-5-19(20)22;1-19-11-5-7-17(19)14-15-8-9-16-6-3-4-12-20(16,2)18(15)10-13-19;1-19-12-6-8-17(19)16-10-9-15-7-4-3-5-13-20(15,2)18(16)11-14-19/h16-18H,4-15H2,1-3H3;15-20H,3-14H2,1-2H3;7,9,12,16-18,21H,2-6,8,10-11H2,1H3;2*15-18H,3-14H2,1-2H3/t16-,17+,18-,19+,20-,21+;15-,16+,17-,18+,19-,20+,21-;16?,17?,18?,20-;15-,16+,17-,18-,19-,20-;15-,16?,17?,18?,19+,20+/m11001/s1. The molecule has 0 aromatic heterocycles. The van der Waals surface area contributed by atoms with Crippen LogP contribution in [0.2, 0.25) is 0 Å². The molecule has 29 atom stereocenters. The normalized spacial score (nSPS) is 51.6. The van der Waals surface area contributed by atoms with Crippen LogP contribution in [0, 0.1) is 161 Å². The third-order valence-corrected chi connectivity index (χ3v) is 42.1. The lowest BCUT2D eigenvalue weighted by atomic mass is 9.47. The van der Waals surface area contributed by atoms with Crippen molar-refractivity contribution in [3.05, 3.63) is 29.3 Å². The molecule has 0 spiro atoms. The molecule has 1 N–H and O–H groups in total. The number of phenolic OH excluding ortho intramolecular Hbond substituents is 1. The molecule has 2 heteroatoms. The van der Waals surface area contributed by atoms with Crippen LogP contribution in [-0.2, 0) is 11.2 Å². The van der Waals surface area contributed by atoms with E-state index in [9.17, 15) is 9.90 Å². The number of rotatable bonds is 1. The molecule has 2 bridgehead atoms. The summed E-state index contributed by atoms with van der Waals surface area (Å²) in [6.45, 7) is 26.2. The zero-order valence-electron chi connectivity index (χ0n) is 70.2. The number of fused-ring (bicyclic) bond motifs is 24. The average Bonchev–Trinajstić information content (AvgIpc) is 1.36. The van der Waals surface area contributed by atoms with Crippen LogP contribution in [0.5, 0.6) is 5.75 Å². The number of carbonyl (C=O) groups is 1. The first-order valence-corrected chi connectivity index (χ1v) is 48.4. The molecule has 0 saturated heterocycles. The van der Waals surface area contributed by atoms with E-state index in [1.807, 2.05) is 12.1 Å². The van der Waals surface area contributed by atoms with Gasteiger partial charge in [-0.2, -0.15) is 0 Å². The molecule has 18 saturated carbocycles. The SMILES string of the molecule is CC[C@H]1CC[C@H]2[C@@H]3CC[C@H]4CCCC[C@H]4C[C@H]3CC[C@]12C.C[C@@]12CCCC1C1CC[C@H]3CCCCC[C@]3(C)C1CC2.C[C@@]12CCC[C@H]1C[C@@H]1CC[C@H]3CCCC[C@]3(C)[C@H]1CC2.C[C@@]12CCC[C@H]1[C@]1(C)CC[C@H]3CCCC[C@]3(C)[C@@H](CC2)C1.C[C@]12CCC3c4ccc(O)cc4CCC3C1CCCCC2=O. The lowest BCUT2D eigenvalue weighted by Crippen LogP contribution is -2.50. The van der Waals surface area contributed by atoms with E-state index in [0.717, 1.165) is 160 Å². The predicted octanol–water partition coefficient (Wildman–Crippen LogP) is 30.0. The van der Waals surface area contributed by atoms with Crippen molar-refractivity contribution in [1.29, 1.82) is 0 Å². The third-order valence-electron chi connectivity index (χ3n) is 42.1. The Bertz CT molecular complexity index is 3060. The number of aryl methyl sites for hydroxylation is 1. The molecular formula is C102H166O2. The molecule has 20 rings (SSSR count). The van der Waals surface area contributed by atoms with Crippen LogP contribution in [0.4, 0.5) is 0 Å². The molecular weight excluding hydrogens is 1260 g/mol. The van der Waals surface area contributed by atoms with Gasteiger partial charge >= 0.3 is 0 Å². The van der Waals surface area contributed by atoms with E-state index < -0.39 is 0 Å². The number of hydrogen-bond donors (Lipinski definition) is 1. The first-order valence-electron chi connectivity index (χ1n) is 48.4. The Balaban J connectivity index is 0.000000100. The number of Topliss-reactive ketones (excluding diaryl/α,β-unsaturated/α-hetero) is 1. The van der Waals surface area contributed by atoms with Crippen LogP contribution in [0.1, 0.15) is 439 Å². The van der Waals surface area contributed by atoms with Crippen molar-refractivity contribution in [2.45, 2.75) is 435 Å². The van der Waals surface area contributed by atoms with E-state index in [1.54, 1.807) is 212 Å². The first-order chi connectivity index (χ1) is 50.0. The summed E-state index contributed by atoms with van der Waals surface area (Å²) in [5, 5.41) is 9.74. The Morgan fingerprint density at radius 1 is 0.346 bits per heavy atom. The quantitative estimate of drug-likeness (QED) is 0.304. The molecule has 0 radical (unpaired) electrons. The van der Waals surface area contributed by atoms with Crippen molar-refractivity contribution in [3.8, 4) is 5.75 Å². The number of carbonyl (C=O) groups excluding carboxylic acids is 1. The largest absolute Gasteiger partial charge is 0.508 e. The van der Waals surface area contributed by atoms with Gasteiger partial charge in [0.2, 0.25) is 0 Å². The smallest absolute Gasteiger partial charge is 0.139 e. The van der Waals surface area contributed by atoms with E-state index in [2.05, 4.69) is 75.3 Å². The average molecular weight is 1420 g/mol. The van der Waals surface area contributed by atoms with Crippen LogP contribution >= 0.6 is 0 Å². The number of ketones is 1. The molecule has 0 aliphatic heterocycles. The molecule has 586 valence electrons. The van der Waals surface area contributed by atoms with Crippen molar-refractivity contribution < 1.29 is 9.90 Å². The highest BCUT2D eigenvalue weighted by Crippen LogP contribution is 2.71. The second-order valence-corrected chi connectivity index (χ2v) is 46.2.